The van der Waals surface area contributed by atoms with E-state index in [2.05, 4.69) is 0 Å². The van der Waals surface area contributed by atoms with Gasteiger partial charge in [0.1, 0.15) is 16.7 Å². The maximum absolute atomic E-state index is 13.1. The lowest BCUT2D eigenvalue weighted by Crippen LogP contribution is -2.42. The van der Waals surface area contributed by atoms with E-state index in [1.165, 1.54) is 44.4 Å². The number of carbonyl (C=O) groups excluding carboxylic acids is 1. The van der Waals surface area contributed by atoms with Gasteiger partial charge in [0, 0.05) is 5.02 Å². The third-order valence-corrected chi connectivity index (χ3v) is 6.37. The van der Waals surface area contributed by atoms with Crippen LogP contribution in [0.15, 0.2) is 47.4 Å². The van der Waals surface area contributed by atoms with Crippen LogP contribution in [0.2, 0.25) is 10.0 Å². The van der Waals surface area contributed by atoms with E-state index in [0.29, 0.717) is 5.75 Å². The first-order valence-corrected chi connectivity index (χ1v) is 9.58. The van der Waals surface area contributed by atoms with E-state index < -0.39 is 21.3 Å². The van der Waals surface area contributed by atoms with Crippen LogP contribution in [0.5, 0.6) is 5.75 Å². The van der Waals surface area contributed by atoms with E-state index in [1.54, 1.807) is 12.1 Å². The average Bonchev–Trinajstić information content (AvgIpc) is 2.57. The molecule has 25 heavy (non-hydrogen) atoms. The van der Waals surface area contributed by atoms with Crippen LogP contribution < -0.4 is 9.04 Å². The molecule has 5 nitrogen and oxygen atoms in total. The molecule has 0 aliphatic carbocycles. The van der Waals surface area contributed by atoms with Gasteiger partial charge < -0.3 is 4.74 Å². The van der Waals surface area contributed by atoms with Crippen molar-refractivity contribution in [3.63, 3.8) is 0 Å². The number of hydrogen-bond acceptors (Lipinski definition) is 4. The molecule has 0 N–H and O–H groups in total. The van der Waals surface area contributed by atoms with E-state index in [9.17, 15) is 13.2 Å². The maximum Gasteiger partial charge on any atom is 0.266 e. The molecule has 1 unspecified atom stereocenters. The minimum atomic E-state index is -4.20. The highest BCUT2D eigenvalue weighted by atomic mass is 35.5. The van der Waals surface area contributed by atoms with Crippen LogP contribution in [-0.2, 0) is 14.8 Å². The molecule has 134 valence electrons. The second-order valence-electron chi connectivity index (χ2n) is 5.05. The molecule has 2 aromatic rings. The second-order valence-corrected chi connectivity index (χ2v) is 8.05. The zero-order valence-corrected chi connectivity index (χ0v) is 16.3. The first kappa shape index (κ1) is 19.8. The summed E-state index contributed by atoms with van der Waals surface area (Å²) >= 11 is 17.5. The molecule has 0 amide bonds. The monoisotopic (exact) mass is 421 g/mol. The molecule has 0 aliphatic rings. The third-order valence-electron chi connectivity index (χ3n) is 3.44. The highest BCUT2D eigenvalue weighted by Crippen LogP contribution is 2.33. The predicted octanol–water partition coefficient (Wildman–Crippen LogP) is 4.35. The Morgan fingerprint density at radius 3 is 2.24 bits per heavy atom. The van der Waals surface area contributed by atoms with Crippen LogP contribution in [0.3, 0.4) is 0 Å². The number of carbonyl (C=O) groups is 1. The van der Waals surface area contributed by atoms with Crippen molar-refractivity contribution in [1.29, 1.82) is 0 Å². The van der Waals surface area contributed by atoms with Crippen LogP contribution in [0.25, 0.3) is 0 Å². The van der Waals surface area contributed by atoms with E-state index >= 15 is 0 Å². The van der Waals surface area contributed by atoms with E-state index in [-0.39, 0.29) is 20.6 Å². The van der Waals surface area contributed by atoms with Gasteiger partial charge in [-0.2, -0.15) is 0 Å². The number of methoxy groups -OCH3 is 1. The van der Waals surface area contributed by atoms with Crippen LogP contribution in [0, 0.1) is 0 Å². The van der Waals surface area contributed by atoms with Crippen LogP contribution >= 0.6 is 34.8 Å². The largest absolute Gasteiger partial charge is 0.497 e. The van der Waals surface area contributed by atoms with Crippen LogP contribution in [-0.4, -0.2) is 26.8 Å². The molecule has 0 bridgehead atoms. The molecule has 2 aromatic carbocycles. The molecule has 0 saturated heterocycles. The van der Waals surface area contributed by atoms with Crippen molar-refractivity contribution in [3.8, 4) is 5.75 Å². The number of benzene rings is 2. The molecule has 0 heterocycles. The summed E-state index contributed by atoms with van der Waals surface area (Å²) in [7, 11) is -2.71. The van der Waals surface area contributed by atoms with Crippen molar-refractivity contribution < 1.29 is 17.9 Å². The smallest absolute Gasteiger partial charge is 0.266 e. The Balaban J connectivity index is 2.65. The number of sulfonamides is 1. The second kappa shape index (κ2) is 7.83. The highest BCUT2D eigenvalue weighted by molar-refractivity contribution is 7.93. The van der Waals surface area contributed by atoms with Crippen molar-refractivity contribution in [2.75, 3.05) is 11.4 Å². The SMILES string of the molecule is COc1ccc(N(C(C)C(=O)Cl)S(=O)(=O)c2cc(Cl)ccc2Cl)cc1. The summed E-state index contributed by atoms with van der Waals surface area (Å²) in [6.07, 6.45) is 0. The Bertz CT molecular complexity index is 885. The minimum Gasteiger partial charge on any atom is -0.497 e. The zero-order valence-electron chi connectivity index (χ0n) is 13.2. The van der Waals surface area contributed by atoms with Gasteiger partial charge in [-0.15, -0.1) is 0 Å². The molecule has 2 rings (SSSR count). The Hall–Kier alpha value is -1.47. The Kier molecular flexibility index (Phi) is 6.21. The van der Waals surface area contributed by atoms with Crippen molar-refractivity contribution in [2.24, 2.45) is 0 Å². The fourth-order valence-electron chi connectivity index (χ4n) is 2.17. The predicted molar refractivity (Wildman–Crippen MR) is 99.4 cm³/mol. The summed E-state index contributed by atoms with van der Waals surface area (Å²) in [5.74, 6) is 0.534. The van der Waals surface area contributed by atoms with Gasteiger partial charge >= 0.3 is 0 Å². The first-order chi connectivity index (χ1) is 11.7. The standard InChI is InChI=1S/C16H14Cl3NO4S/c1-10(16(19)21)20(12-4-6-13(24-2)7-5-12)25(22,23)15-9-11(17)3-8-14(15)18/h3-10H,1-2H3. The van der Waals surface area contributed by atoms with E-state index in [4.69, 9.17) is 39.5 Å². The quantitative estimate of drug-likeness (QED) is 0.649. The lowest BCUT2D eigenvalue weighted by atomic mass is 10.2. The summed E-state index contributed by atoms with van der Waals surface area (Å²) in [6, 6.07) is 9.06. The number of ether oxygens (including phenoxy) is 1. The van der Waals surface area contributed by atoms with Crippen LogP contribution in [0.4, 0.5) is 5.69 Å². The van der Waals surface area contributed by atoms with Gasteiger partial charge in [-0.05, 0) is 61.0 Å². The third kappa shape index (κ3) is 4.20. The van der Waals surface area contributed by atoms with Crippen molar-refractivity contribution >= 4 is 55.8 Å². The summed E-state index contributed by atoms with van der Waals surface area (Å²) < 4.78 is 32.3. The van der Waals surface area contributed by atoms with E-state index in [0.717, 1.165) is 4.31 Å². The van der Waals surface area contributed by atoms with Crippen molar-refractivity contribution in [2.45, 2.75) is 17.9 Å². The molecule has 0 radical (unpaired) electrons. The Morgan fingerprint density at radius 2 is 1.72 bits per heavy atom. The molecular formula is C16H14Cl3NO4S. The number of anilines is 1. The zero-order chi connectivity index (χ0) is 18.8. The van der Waals surface area contributed by atoms with Gasteiger partial charge in [-0.3, -0.25) is 9.10 Å². The maximum atomic E-state index is 13.1. The average molecular weight is 423 g/mol. The normalized spacial score (nSPS) is 12.5. The summed E-state index contributed by atoms with van der Waals surface area (Å²) in [6.45, 7) is 1.38. The van der Waals surface area contributed by atoms with Gasteiger partial charge in [0.25, 0.3) is 10.0 Å². The number of nitrogens with zero attached hydrogens (tertiary/aromatic N) is 1. The van der Waals surface area contributed by atoms with Gasteiger partial charge in [0.2, 0.25) is 5.24 Å². The summed E-state index contributed by atoms with van der Waals surface area (Å²) in [4.78, 5) is 11.5. The number of halogens is 3. The molecule has 0 aromatic heterocycles. The van der Waals surface area contributed by atoms with Gasteiger partial charge in [0.15, 0.2) is 0 Å². The summed E-state index contributed by atoms with van der Waals surface area (Å²) in [5, 5.41) is -0.655. The number of rotatable bonds is 6. The van der Waals surface area contributed by atoms with E-state index in [1.807, 2.05) is 0 Å². The lowest BCUT2D eigenvalue weighted by molar-refractivity contribution is -0.112. The highest BCUT2D eigenvalue weighted by Gasteiger charge is 2.34. The molecule has 0 fully saturated rings. The minimum absolute atomic E-state index is 0.0165. The van der Waals surface area contributed by atoms with Gasteiger partial charge in [-0.1, -0.05) is 23.2 Å². The molecule has 9 heteroatoms. The van der Waals surface area contributed by atoms with Crippen molar-refractivity contribution in [1.82, 2.24) is 0 Å². The van der Waals surface area contributed by atoms with Crippen LogP contribution in [0.1, 0.15) is 6.92 Å². The molecule has 0 saturated carbocycles. The molecular weight excluding hydrogens is 409 g/mol. The fraction of sp³-hybridized carbons (Fsp3) is 0.188. The Morgan fingerprint density at radius 1 is 1.12 bits per heavy atom. The van der Waals surface area contributed by atoms with Gasteiger partial charge in [-0.25, -0.2) is 8.42 Å². The fourth-order valence-corrected chi connectivity index (χ4v) is 4.69. The lowest BCUT2D eigenvalue weighted by Gasteiger charge is -2.28. The summed E-state index contributed by atoms with van der Waals surface area (Å²) in [5.41, 5.74) is 0.235. The van der Waals surface area contributed by atoms with Gasteiger partial charge in [0.05, 0.1) is 17.8 Å². The van der Waals surface area contributed by atoms with Crippen molar-refractivity contribution in [3.05, 3.63) is 52.5 Å². The molecule has 0 spiro atoms. The number of hydrogen-bond donors (Lipinski definition) is 0. The molecule has 0 aliphatic heterocycles. The molecule has 1 atom stereocenters. The Labute approximate surface area is 161 Å². The first-order valence-electron chi connectivity index (χ1n) is 7.01. The topological polar surface area (TPSA) is 63.7 Å².